The van der Waals surface area contributed by atoms with Crippen LogP contribution in [0.4, 0.5) is 9.52 Å². The van der Waals surface area contributed by atoms with E-state index >= 15 is 0 Å². The van der Waals surface area contributed by atoms with Gasteiger partial charge in [-0.1, -0.05) is 74.1 Å². The molecule has 3 aromatic carbocycles. The van der Waals surface area contributed by atoms with E-state index in [1.807, 2.05) is 56.3 Å². The molecule has 0 fully saturated rings. The molecular formula is C27H25FN4O2S. The number of carbonyl (C=O) groups is 2. The molecule has 0 aliphatic rings. The molecule has 1 heterocycles. The van der Waals surface area contributed by atoms with Gasteiger partial charge >= 0.3 is 0 Å². The Bertz CT molecular complexity index is 1290. The molecule has 0 radical (unpaired) electrons. The molecular weight excluding hydrogens is 463 g/mol. The summed E-state index contributed by atoms with van der Waals surface area (Å²) in [6.07, 6.45) is 0.697. The molecule has 2 amide bonds. The number of anilines is 1. The summed E-state index contributed by atoms with van der Waals surface area (Å²) in [4.78, 5) is 26.0. The topological polar surface area (TPSA) is 84.0 Å². The minimum atomic E-state index is -0.750. The molecule has 2 atom stereocenters. The molecule has 0 saturated carbocycles. The van der Waals surface area contributed by atoms with Gasteiger partial charge in [0.25, 0.3) is 5.91 Å². The number of nitrogens with one attached hydrogen (secondary N) is 2. The van der Waals surface area contributed by atoms with Crippen molar-refractivity contribution in [3.05, 3.63) is 90.2 Å². The second-order valence-electron chi connectivity index (χ2n) is 8.19. The van der Waals surface area contributed by atoms with Gasteiger partial charge in [0.05, 0.1) is 0 Å². The highest BCUT2D eigenvalue weighted by Gasteiger charge is 2.27. The summed E-state index contributed by atoms with van der Waals surface area (Å²) < 4.78 is 13.2. The van der Waals surface area contributed by atoms with Crippen molar-refractivity contribution in [1.82, 2.24) is 15.5 Å². The first-order chi connectivity index (χ1) is 16.9. The molecule has 4 rings (SSSR count). The Hall–Kier alpha value is -3.91. The van der Waals surface area contributed by atoms with Crippen molar-refractivity contribution < 1.29 is 14.0 Å². The van der Waals surface area contributed by atoms with E-state index < -0.39 is 6.04 Å². The Morgan fingerprint density at radius 1 is 0.886 bits per heavy atom. The van der Waals surface area contributed by atoms with Crippen LogP contribution in [0.15, 0.2) is 78.9 Å². The van der Waals surface area contributed by atoms with Crippen LogP contribution in [0.2, 0.25) is 0 Å². The van der Waals surface area contributed by atoms with Gasteiger partial charge < -0.3 is 5.32 Å². The zero-order valence-electron chi connectivity index (χ0n) is 19.4. The van der Waals surface area contributed by atoms with Gasteiger partial charge in [-0.15, -0.1) is 10.2 Å². The van der Waals surface area contributed by atoms with E-state index in [9.17, 15) is 14.0 Å². The lowest BCUT2D eigenvalue weighted by atomic mass is 9.97. The van der Waals surface area contributed by atoms with Crippen molar-refractivity contribution >= 4 is 28.3 Å². The van der Waals surface area contributed by atoms with Crippen molar-refractivity contribution in [2.24, 2.45) is 5.92 Å². The van der Waals surface area contributed by atoms with E-state index in [4.69, 9.17) is 0 Å². The quantitative estimate of drug-likeness (QED) is 0.329. The molecule has 0 aliphatic carbocycles. The van der Waals surface area contributed by atoms with Gasteiger partial charge in [-0.2, -0.15) is 0 Å². The predicted octanol–water partition coefficient (Wildman–Crippen LogP) is 5.79. The second-order valence-corrected chi connectivity index (χ2v) is 9.17. The Kier molecular flexibility index (Phi) is 7.62. The average molecular weight is 489 g/mol. The maximum Gasteiger partial charge on any atom is 0.251 e. The summed E-state index contributed by atoms with van der Waals surface area (Å²) in [5, 5.41) is 14.6. The summed E-state index contributed by atoms with van der Waals surface area (Å²) in [5.74, 6) is -1.13. The first-order valence-electron chi connectivity index (χ1n) is 11.3. The van der Waals surface area contributed by atoms with Gasteiger partial charge in [-0.3, -0.25) is 14.9 Å². The molecule has 35 heavy (non-hydrogen) atoms. The van der Waals surface area contributed by atoms with E-state index in [1.165, 1.54) is 23.5 Å². The van der Waals surface area contributed by atoms with E-state index in [-0.39, 0.29) is 23.5 Å². The first-order valence-corrected chi connectivity index (χ1v) is 12.1. The minimum Gasteiger partial charge on any atom is -0.340 e. The fourth-order valence-electron chi connectivity index (χ4n) is 3.54. The Labute approximate surface area is 207 Å². The van der Waals surface area contributed by atoms with Crippen LogP contribution in [-0.4, -0.2) is 28.1 Å². The molecule has 8 heteroatoms. The average Bonchev–Trinajstić information content (AvgIpc) is 3.36. The van der Waals surface area contributed by atoms with E-state index in [2.05, 4.69) is 20.8 Å². The van der Waals surface area contributed by atoms with Crippen LogP contribution >= 0.6 is 11.3 Å². The molecule has 2 unspecified atom stereocenters. The summed E-state index contributed by atoms with van der Waals surface area (Å²) in [5.41, 5.74) is 3.25. The number of hydrogen-bond donors (Lipinski definition) is 2. The molecule has 2 N–H and O–H groups in total. The highest BCUT2D eigenvalue weighted by molar-refractivity contribution is 7.18. The van der Waals surface area contributed by atoms with Crippen LogP contribution in [0.5, 0.6) is 0 Å². The number of benzene rings is 3. The van der Waals surface area contributed by atoms with E-state index in [0.717, 1.165) is 11.1 Å². The monoisotopic (exact) mass is 488 g/mol. The first kappa shape index (κ1) is 24.2. The van der Waals surface area contributed by atoms with Gasteiger partial charge in [0.2, 0.25) is 11.0 Å². The zero-order valence-corrected chi connectivity index (χ0v) is 20.2. The van der Waals surface area contributed by atoms with E-state index in [0.29, 0.717) is 27.7 Å². The molecule has 0 aliphatic heterocycles. The second kappa shape index (κ2) is 11.0. The third-order valence-corrected chi connectivity index (χ3v) is 6.67. The Morgan fingerprint density at radius 3 is 2.17 bits per heavy atom. The largest absolute Gasteiger partial charge is 0.340 e. The third-order valence-electron chi connectivity index (χ3n) is 5.78. The van der Waals surface area contributed by atoms with Gasteiger partial charge in [-0.25, -0.2) is 4.39 Å². The van der Waals surface area contributed by atoms with Gasteiger partial charge in [0.15, 0.2) is 0 Å². The molecule has 0 spiro atoms. The summed E-state index contributed by atoms with van der Waals surface area (Å²) in [7, 11) is 0. The molecule has 0 bridgehead atoms. The predicted molar refractivity (Wildman–Crippen MR) is 137 cm³/mol. The highest BCUT2D eigenvalue weighted by atomic mass is 32.1. The summed E-state index contributed by atoms with van der Waals surface area (Å²) >= 11 is 1.18. The number of halogens is 1. The van der Waals surface area contributed by atoms with Gasteiger partial charge in [0, 0.05) is 11.1 Å². The van der Waals surface area contributed by atoms with Gasteiger partial charge in [-0.05, 0) is 53.4 Å². The minimum absolute atomic E-state index is 0.105. The Balaban J connectivity index is 1.45. The Morgan fingerprint density at radius 2 is 1.51 bits per heavy atom. The molecule has 1 aromatic heterocycles. The van der Waals surface area contributed by atoms with Crippen molar-refractivity contribution in [3.8, 4) is 21.7 Å². The maximum atomic E-state index is 13.2. The highest BCUT2D eigenvalue weighted by Crippen LogP contribution is 2.27. The lowest BCUT2D eigenvalue weighted by Gasteiger charge is -2.23. The number of carbonyl (C=O) groups excluding carboxylic acids is 2. The normalized spacial score (nSPS) is 12.5. The fraction of sp³-hybridized carbons (Fsp3) is 0.185. The van der Waals surface area contributed by atoms with Gasteiger partial charge in [0.1, 0.15) is 16.9 Å². The number of nitrogens with zero attached hydrogens (tertiary/aromatic N) is 2. The van der Waals surface area contributed by atoms with Crippen LogP contribution in [0.3, 0.4) is 0 Å². The SMILES string of the molecule is CCC(C)C(NC(=O)c1ccc(-c2ccccc2)cc1)C(=O)Nc1nnc(-c2ccc(F)cc2)s1. The standard InChI is InChI=1S/C27H25FN4O2S/c1-3-17(2)23(25(34)30-27-32-31-26(35-27)21-13-15-22(28)16-14-21)29-24(33)20-11-9-19(10-12-20)18-7-5-4-6-8-18/h4-17,23H,3H2,1-2H3,(H,29,33)(H,30,32,34). The van der Waals surface area contributed by atoms with Crippen molar-refractivity contribution in [3.63, 3.8) is 0 Å². The molecule has 4 aromatic rings. The fourth-order valence-corrected chi connectivity index (χ4v) is 4.29. The smallest absolute Gasteiger partial charge is 0.251 e. The summed E-state index contributed by atoms with van der Waals surface area (Å²) in [6.45, 7) is 3.87. The molecule has 0 saturated heterocycles. The third kappa shape index (κ3) is 5.96. The number of rotatable bonds is 8. The lowest BCUT2D eigenvalue weighted by molar-refractivity contribution is -0.119. The van der Waals surface area contributed by atoms with Crippen LogP contribution in [0, 0.1) is 11.7 Å². The molecule has 6 nitrogen and oxygen atoms in total. The van der Waals surface area contributed by atoms with Crippen LogP contribution in [-0.2, 0) is 4.79 Å². The van der Waals surface area contributed by atoms with Crippen molar-refractivity contribution in [1.29, 1.82) is 0 Å². The maximum absolute atomic E-state index is 13.2. The zero-order chi connectivity index (χ0) is 24.8. The number of aromatic nitrogens is 2. The van der Waals surface area contributed by atoms with Crippen molar-refractivity contribution in [2.45, 2.75) is 26.3 Å². The lowest BCUT2D eigenvalue weighted by Crippen LogP contribution is -2.47. The number of amides is 2. The van der Waals surface area contributed by atoms with Crippen LogP contribution in [0.25, 0.3) is 21.7 Å². The molecule has 178 valence electrons. The van der Waals surface area contributed by atoms with Crippen molar-refractivity contribution in [2.75, 3.05) is 5.32 Å². The van der Waals surface area contributed by atoms with Crippen LogP contribution < -0.4 is 10.6 Å². The van der Waals surface area contributed by atoms with Crippen LogP contribution in [0.1, 0.15) is 30.6 Å². The van der Waals surface area contributed by atoms with E-state index in [1.54, 1.807) is 24.3 Å². The number of hydrogen-bond acceptors (Lipinski definition) is 5. The summed E-state index contributed by atoms with van der Waals surface area (Å²) in [6, 6.07) is 22.3.